The summed E-state index contributed by atoms with van der Waals surface area (Å²) < 4.78 is 82.5. The van der Waals surface area contributed by atoms with Crippen molar-refractivity contribution < 1.29 is 31.1 Å². The van der Waals surface area contributed by atoms with Crippen LogP contribution < -0.4 is 5.32 Å². The lowest BCUT2D eigenvalue weighted by Crippen LogP contribution is -2.33. The van der Waals surface area contributed by atoms with Crippen molar-refractivity contribution in [2.24, 2.45) is 9.98 Å². The minimum Gasteiger partial charge on any atom is -0.310 e. The van der Waals surface area contributed by atoms with Crippen molar-refractivity contribution in [3.8, 4) is 0 Å². The summed E-state index contributed by atoms with van der Waals surface area (Å²) in [5, 5.41) is 2.23. The lowest BCUT2D eigenvalue weighted by Gasteiger charge is -2.22. The van der Waals surface area contributed by atoms with E-state index in [2.05, 4.69) is 26.9 Å². The van der Waals surface area contributed by atoms with Crippen molar-refractivity contribution in [2.45, 2.75) is 38.7 Å². The number of aryl methyl sites for hydroxylation is 1. The van der Waals surface area contributed by atoms with Crippen molar-refractivity contribution in [3.63, 3.8) is 0 Å². The van der Waals surface area contributed by atoms with Crippen LogP contribution in [0.2, 0.25) is 0 Å². The van der Waals surface area contributed by atoms with Gasteiger partial charge >= 0.3 is 6.18 Å². The van der Waals surface area contributed by atoms with Crippen LogP contribution in [0.25, 0.3) is 11.0 Å². The molecule has 35 heavy (non-hydrogen) atoms. The molecule has 0 radical (unpaired) electrons. The van der Waals surface area contributed by atoms with E-state index in [-0.39, 0.29) is 23.3 Å². The Labute approximate surface area is 196 Å². The largest absolute Gasteiger partial charge is 0.449 e. The van der Waals surface area contributed by atoms with E-state index in [4.69, 9.17) is 0 Å². The molecular weight excluding hydrogens is 476 g/mol. The van der Waals surface area contributed by atoms with Crippen LogP contribution in [0.1, 0.15) is 30.9 Å². The van der Waals surface area contributed by atoms with Crippen LogP contribution >= 0.6 is 0 Å². The number of aromatic nitrogens is 2. The highest BCUT2D eigenvalue weighted by atomic mass is 19.4. The first-order chi connectivity index (χ1) is 16.4. The van der Waals surface area contributed by atoms with Crippen LogP contribution in [0, 0.1) is 6.92 Å². The van der Waals surface area contributed by atoms with Gasteiger partial charge in [0.2, 0.25) is 5.82 Å². The highest BCUT2D eigenvalue weighted by Gasteiger charge is 2.40. The Morgan fingerprint density at radius 3 is 2.66 bits per heavy atom. The predicted octanol–water partition coefficient (Wildman–Crippen LogP) is 5.47. The van der Waals surface area contributed by atoms with Crippen LogP contribution in [-0.4, -0.2) is 40.2 Å². The Kier molecular flexibility index (Phi) is 7.61. The van der Waals surface area contributed by atoms with E-state index in [0.29, 0.717) is 6.08 Å². The maximum atomic E-state index is 14.1. The average Bonchev–Trinajstić information content (AvgIpc) is 3.03. The van der Waals surface area contributed by atoms with E-state index < -0.39 is 54.0 Å². The average molecular weight is 497 g/mol. The van der Waals surface area contributed by atoms with Gasteiger partial charge in [-0.1, -0.05) is 18.7 Å². The Hall–Kier alpha value is -3.70. The molecule has 0 fully saturated rings. The maximum Gasteiger partial charge on any atom is 0.449 e. The molecular formula is C23H21F6N5O. The minimum atomic E-state index is -4.78. The number of imidazole rings is 1. The molecule has 1 amide bonds. The van der Waals surface area contributed by atoms with Gasteiger partial charge in [-0.2, -0.15) is 13.2 Å². The van der Waals surface area contributed by atoms with E-state index in [1.165, 1.54) is 25.3 Å². The number of amidine groups is 1. The van der Waals surface area contributed by atoms with Gasteiger partial charge in [0.05, 0.1) is 17.1 Å². The lowest BCUT2D eigenvalue weighted by molar-refractivity contribution is -0.147. The van der Waals surface area contributed by atoms with Gasteiger partial charge in [0.1, 0.15) is 35.9 Å². The zero-order valence-corrected chi connectivity index (χ0v) is 18.7. The monoisotopic (exact) mass is 497 g/mol. The number of amides is 1. The fraction of sp³-hybridized carbons (Fsp3) is 0.304. The molecule has 1 aliphatic rings. The van der Waals surface area contributed by atoms with Crippen molar-refractivity contribution in [1.29, 1.82) is 0 Å². The van der Waals surface area contributed by atoms with E-state index in [1.54, 1.807) is 13.0 Å². The SMILES string of the molecule is C=C(F)/C(C(=O)NC1=NC(C)[C@@H](n2c(C(F)(F)F)nc3cc(C)ccc32)N=CC1)=C(F)\C=C/CF. The number of allylic oxidation sites excluding steroid dienone is 3. The molecule has 0 aliphatic carbocycles. The van der Waals surface area contributed by atoms with Gasteiger partial charge < -0.3 is 5.32 Å². The number of nitrogens with one attached hydrogen (secondary N) is 1. The number of alkyl halides is 4. The second kappa shape index (κ2) is 10.3. The van der Waals surface area contributed by atoms with Crippen molar-refractivity contribution >= 4 is 29.0 Å². The van der Waals surface area contributed by atoms with Crippen LogP contribution in [0.5, 0.6) is 0 Å². The molecule has 2 atom stereocenters. The fourth-order valence-corrected chi connectivity index (χ4v) is 3.57. The zero-order chi connectivity index (χ0) is 25.9. The van der Waals surface area contributed by atoms with Crippen LogP contribution in [0.3, 0.4) is 0 Å². The van der Waals surface area contributed by atoms with Gasteiger partial charge in [0.25, 0.3) is 5.91 Å². The molecule has 1 aromatic carbocycles. The molecule has 3 rings (SSSR count). The molecule has 1 unspecified atom stereocenters. The molecule has 0 spiro atoms. The number of aliphatic imine (C=N–C) groups is 2. The first-order valence-corrected chi connectivity index (χ1v) is 10.4. The molecule has 1 aliphatic heterocycles. The molecule has 0 bridgehead atoms. The number of benzene rings is 1. The Morgan fingerprint density at radius 1 is 1.31 bits per heavy atom. The minimum absolute atomic E-state index is 0.0800. The van der Waals surface area contributed by atoms with Gasteiger partial charge in [0.15, 0.2) is 0 Å². The second-order valence-corrected chi connectivity index (χ2v) is 7.70. The third kappa shape index (κ3) is 5.69. The molecule has 12 heteroatoms. The molecule has 0 saturated heterocycles. The van der Waals surface area contributed by atoms with Crippen molar-refractivity contribution in [1.82, 2.24) is 14.9 Å². The maximum absolute atomic E-state index is 14.1. The first-order valence-electron chi connectivity index (χ1n) is 10.4. The summed E-state index contributed by atoms with van der Waals surface area (Å²) in [5.74, 6) is -5.22. The number of carbonyl (C=O) groups excluding carboxylic acids is 1. The summed E-state index contributed by atoms with van der Waals surface area (Å²) >= 11 is 0. The number of rotatable bonds is 5. The van der Waals surface area contributed by atoms with Crippen LogP contribution in [-0.2, 0) is 11.0 Å². The summed E-state index contributed by atoms with van der Waals surface area (Å²) in [4.78, 5) is 24.6. The van der Waals surface area contributed by atoms with Crippen LogP contribution in [0.4, 0.5) is 26.3 Å². The highest BCUT2D eigenvalue weighted by Crippen LogP contribution is 2.36. The topological polar surface area (TPSA) is 71.6 Å². The van der Waals surface area contributed by atoms with Crippen molar-refractivity contribution in [2.75, 3.05) is 6.67 Å². The van der Waals surface area contributed by atoms with Gasteiger partial charge in [-0.15, -0.1) is 0 Å². The van der Waals surface area contributed by atoms with E-state index >= 15 is 0 Å². The van der Waals surface area contributed by atoms with Crippen molar-refractivity contribution in [3.05, 3.63) is 65.5 Å². The Balaban J connectivity index is 1.98. The number of hydrogen-bond donors (Lipinski definition) is 1. The lowest BCUT2D eigenvalue weighted by atomic mass is 10.2. The molecule has 186 valence electrons. The number of carbonyl (C=O) groups is 1. The van der Waals surface area contributed by atoms with Gasteiger partial charge in [-0.25, -0.2) is 18.2 Å². The summed E-state index contributed by atoms with van der Waals surface area (Å²) in [5.41, 5.74) is -0.00358. The number of fused-ring (bicyclic) bond motifs is 1. The highest BCUT2D eigenvalue weighted by molar-refractivity contribution is 6.11. The molecule has 2 heterocycles. The Bertz CT molecular complexity index is 1270. The van der Waals surface area contributed by atoms with E-state index in [1.807, 2.05) is 0 Å². The predicted molar refractivity (Wildman–Crippen MR) is 120 cm³/mol. The third-order valence-electron chi connectivity index (χ3n) is 5.05. The van der Waals surface area contributed by atoms with Gasteiger partial charge in [0, 0.05) is 12.6 Å². The molecule has 6 nitrogen and oxygen atoms in total. The summed E-state index contributed by atoms with van der Waals surface area (Å²) in [6.07, 6.45) is -3.50. The third-order valence-corrected chi connectivity index (χ3v) is 5.05. The van der Waals surface area contributed by atoms with E-state index in [0.717, 1.165) is 16.2 Å². The fourth-order valence-electron chi connectivity index (χ4n) is 3.57. The van der Waals surface area contributed by atoms with E-state index in [9.17, 15) is 31.1 Å². The zero-order valence-electron chi connectivity index (χ0n) is 18.7. The molecule has 2 aromatic rings. The summed E-state index contributed by atoms with van der Waals surface area (Å²) in [7, 11) is 0. The smallest absolute Gasteiger partial charge is 0.310 e. The Morgan fingerprint density at radius 2 is 2.03 bits per heavy atom. The summed E-state index contributed by atoms with van der Waals surface area (Å²) in [6, 6.07) is 3.74. The number of nitrogens with zero attached hydrogens (tertiary/aromatic N) is 4. The van der Waals surface area contributed by atoms with Gasteiger partial charge in [-0.3, -0.25) is 19.3 Å². The first kappa shape index (κ1) is 25.9. The quantitative estimate of drug-likeness (QED) is 0.338. The number of halogens is 6. The van der Waals surface area contributed by atoms with Gasteiger partial charge in [-0.05, 0) is 37.6 Å². The summed E-state index contributed by atoms with van der Waals surface area (Å²) in [6.45, 7) is 5.08. The number of hydrogen-bond acceptors (Lipinski definition) is 4. The normalized spacial score (nSPS) is 19.5. The van der Waals surface area contributed by atoms with Crippen LogP contribution in [0.15, 0.2) is 64.1 Å². The molecule has 1 aromatic heterocycles. The molecule has 0 saturated carbocycles. The standard InChI is InChI=1S/C23H21F6N5O/c1-12-6-7-17-16(11-12)32-22(23(27,28)29)34(17)20-14(3)31-18(8-10-30-20)33-21(35)19(13(2)25)15(26)5-4-9-24/h4-7,10-11,14,20H,2,8-9H2,1,3H3,(H,31,33,35)/b5-4-,19-15-/t14?,20-/m1/s1. The molecule has 1 N–H and O–H groups in total. The second-order valence-electron chi connectivity index (χ2n) is 7.70.